The topological polar surface area (TPSA) is 59.6 Å². The third-order valence-corrected chi connectivity index (χ3v) is 3.29. The van der Waals surface area contributed by atoms with Crippen molar-refractivity contribution in [2.75, 3.05) is 18.9 Å². The van der Waals surface area contributed by atoms with E-state index in [0.717, 1.165) is 11.4 Å². The number of nitrogens with zero attached hydrogens (tertiary/aromatic N) is 1. The Hall–Kier alpha value is -1.66. The van der Waals surface area contributed by atoms with Gasteiger partial charge in [-0.2, -0.15) is 0 Å². The quantitative estimate of drug-likeness (QED) is 0.837. The summed E-state index contributed by atoms with van der Waals surface area (Å²) in [5.41, 5.74) is 0. The predicted molar refractivity (Wildman–Crippen MR) is 69.6 cm³/mol. The number of aromatic nitrogens is 1. The van der Waals surface area contributed by atoms with Crippen molar-refractivity contribution >= 4 is 23.1 Å². The average Bonchev–Trinajstić information content (AvgIpc) is 2.90. The summed E-state index contributed by atoms with van der Waals surface area (Å²) in [7, 11) is 1.99. The summed E-state index contributed by atoms with van der Waals surface area (Å²) < 4.78 is 4.89. The Morgan fingerprint density at radius 2 is 2.44 bits per heavy atom. The lowest BCUT2D eigenvalue weighted by Crippen LogP contribution is -3.08. The number of aryl methyl sites for hydroxylation is 1. The summed E-state index contributed by atoms with van der Waals surface area (Å²) in [6.07, 6.45) is 0. The molecule has 2 heterocycles. The minimum atomic E-state index is -0.0580. The van der Waals surface area contributed by atoms with Crippen LogP contribution in [0.15, 0.2) is 28.1 Å². The number of thiophene rings is 1. The molecular formula is C12H16N3O2S+. The zero-order valence-electron chi connectivity index (χ0n) is 10.4. The van der Waals surface area contributed by atoms with Crippen LogP contribution in [0.4, 0.5) is 5.82 Å². The van der Waals surface area contributed by atoms with Crippen LogP contribution < -0.4 is 10.2 Å². The molecule has 1 atom stereocenters. The largest absolute Gasteiger partial charge is 0.360 e. The monoisotopic (exact) mass is 266 g/mol. The maximum atomic E-state index is 11.8. The van der Waals surface area contributed by atoms with Crippen molar-refractivity contribution in [3.05, 3.63) is 34.2 Å². The number of quaternary nitrogens is 1. The first kappa shape index (κ1) is 12.8. The van der Waals surface area contributed by atoms with Crippen molar-refractivity contribution in [3.8, 4) is 0 Å². The van der Waals surface area contributed by atoms with Crippen molar-refractivity contribution in [1.82, 2.24) is 5.16 Å². The molecule has 0 spiro atoms. The molecule has 1 unspecified atom stereocenters. The molecule has 0 saturated carbocycles. The van der Waals surface area contributed by atoms with Gasteiger partial charge >= 0.3 is 0 Å². The molecule has 0 aliphatic heterocycles. The lowest BCUT2D eigenvalue weighted by molar-refractivity contribution is -0.884. The van der Waals surface area contributed by atoms with Gasteiger partial charge in [0.15, 0.2) is 12.4 Å². The average molecular weight is 266 g/mol. The molecule has 2 aromatic heterocycles. The molecule has 0 fully saturated rings. The van der Waals surface area contributed by atoms with Gasteiger partial charge in [0.2, 0.25) is 0 Å². The Morgan fingerprint density at radius 3 is 3.06 bits per heavy atom. The summed E-state index contributed by atoms with van der Waals surface area (Å²) in [5.74, 6) is 1.10. The molecule has 2 aromatic rings. The van der Waals surface area contributed by atoms with E-state index in [2.05, 4.69) is 16.5 Å². The van der Waals surface area contributed by atoms with Gasteiger partial charge in [0.1, 0.15) is 12.3 Å². The van der Waals surface area contributed by atoms with Crippen LogP contribution in [0.2, 0.25) is 0 Å². The molecule has 0 saturated heterocycles. The van der Waals surface area contributed by atoms with E-state index in [9.17, 15) is 4.79 Å². The molecule has 1 amide bonds. The molecule has 0 aromatic carbocycles. The summed E-state index contributed by atoms with van der Waals surface area (Å²) in [6, 6.07) is 5.80. The summed E-state index contributed by atoms with van der Waals surface area (Å²) in [6.45, 7) is 3.05. The van der Waals surface area contributed by atoms with E-state index in [0.29, 0.717) is 18.1 Å². The molecular weight excluding hydrogens is 250 g/mol. The van der Waals surface area contributed by atoms with E-state index in [1.807, 2.05) is 18.5 Å². The van der Waals surface area contributed by atoms with Crippen molar-refractivity contribution in [2.24, 2.45) is 0 Å². The number of rotatable bonds is 5. The number of carbonyl (C=O) groups excluding carboxylic acids is 1. The number of likely N-dealkylation sites (N-methyl/N-ethyl adjacent to an activating group) is 1. The number of anilines is 1. The molecule has 0 bridgehead atoms. The second-order valence-corrected chi connectivity index (χ2v) is 5.29. The van der Waals surface area contributed by atoms with Gasteiger partial charge in [0.05, 0.1) is 11.9 Å². The highest BCUT2D eigenvalue weighted by molar-refractivity contribution is 7.09. The number of hydrogen-bond donors (Lipinski definition) is 2. The van der Waals surface area contributed by atoms with E-state index in [1.54, 1.807) is 24.3 Å². The molecule has 0 radical (unpaired) electrons. The second-order valence-electron chi connectivity index (χ2n) is 4.26. The number of carbonyl (C=O) groups is 1. The van der Waals surface area contributed by atoms with E-state index < -0.39 is 0 Å². The third-order valence-electron chi connectivity index (χ3n) is 2.41. The van der Waals surface area contributed by atoms with Crippen molar-refractivity contribution < 1.29 is 14.2 Å². The van der Waals surface area contributed by atoms with Gasteiger partial charge in [0, 0.05) is 6.07 Å². The standard InChI is InChI=1S/C12H15N3O2S/c1-9-6-11(14-17-9)13-12(16)8-15(2)7-10-4-3-5-18-10/h3-6H,7-8H2,1-2H3,(H,13,14,16)/p+1. The van der Waals surface area contributed by atoms with E-state index >= 15 is 0 Å². The maximum Gasteiger partial charge on any atom is 0.280 e. The number of amides is 1. The summed E-state index contributed by atoms with van der Waals surface area (Å²) in [4.78, 5) is 14.2. The van der Waals surface area contributed by atoms with Gasteiger partial charge in [-0.05, 0) is 18.4 Å². The molecule has 2 N–H and O–H groups in total. The van der Waals surface area contributed by atoms with Gasteiger partial charge in [0.25, 0.3) is 5.91 Å². The van der Waals surface area contributed by atoms with Crippen LogP contribution >= 0.6 is 11.3 Å². The zero-order valence-corrected chi connectivity index (χ0v) is 11.2. The van der Waals surface area contributed by atoms with Crippen LogP contribution in [0.25, 0.3) is 0 Å². The minimum absolute atomic E-state index is 0.0580. The Kier molecular flexibility index (Phi) is 4.11. The highest BCUT2D eigenvalue weighted by atomic mass is 32.1. The number of nitrogens with one attached hydrogen (secondary N) is 2. The first-order valence-corrected chi connectivity index (χ1v) is 6.58. The van der Waals surface area contributed by atoms with E-state index in [1.165, 1.54) is 4.88 Å². The minimum Gasteiger partial charge on any atom is -0.360 e. The highest BCUT2D eigenvalue weighted by Crippen LogP contribution is 2.07. The van der Waals surface area contributed by atoms with Gasteiger partial charge in [-0.1, -0.05) is 11.2 Å². The van der Waals surface area contributed by atoms with Crippen molar-refractivity contribution in [3.63, 3.8) is 0 Å². The zero-order chi connectivity index (χ0) is 13.0. The fourth-order valence-corrected chi connectivity index (χ4v) is 2.48. The Morgan fingerprint density at radius 1 is 1.61 bits per heavy atom. The first-order chi connectivity index (χ1) is 8.63. The maximum absolute atomic E-state index is 11.8. The van der Waals surface area contributed by atoms with Crippen LogP contribution in [-0.2, 0) is 11.3 Å². The van der Waals surface area contributed by atoms with Crippen molar-refractivity contribution in [2.45, 2.75) is 13.5 Å². The van der Waals surface area contributed by atoms with E-state index in [4.69, 9.17) is 4.52 Å². The Balaban J connectivity index is 1.80. The molecule has 6 heteroatoms. The Labute approximate surface area is 109 Å². The lowest BCUT2D eigenvalue weighted by atomic mass is 10.4. The predicted octanol–water partition coefficient (Wildman–Crippen LogP) is 0.698. The summed E-state index contributed by atoms with van der Waals surface area (Å²) in [5, 5.41) is 8.48. The van der Waals surface area contributed by atoms with Crippen molar-refractivity contribution in [1.29, 1.82) is 0 Å². The summed E-state index contributed by atoms with van der Waals surface area (Å²) >= 11 is 1.71. The Bertz CT molecular complexity index is 507. The molecule has 0 aliphatic rings. The van der Waals surface area contributed by atoms with Crippen LogP contribution in [0.1, 0.15) is 10.6 Å². The van der Waals surface area contributed by atoms with Crippen LogP contribution in [0.5, 0.6) is 0 Å². The van der Waals surface area contributed by atoms with Gasteiger partial charge < -0.3 is 14.7 Å². The molecule has 96 valence electrons. The lowest BCUT2D eigenvalue weighted by Gasteiger charge is -2.11. The normalized spacial score (nSPS) is 12.3. The molecule has 18 heavy (non-hydrogen) atoms. The molecule has 5 nitrogen and oxygen atoms in total. The van der Waals surface area contributed by atoms with Gasteiger partial charge in [-0.15, -0.1) is 11.3 Å². The van der Waals surface area contributed by atoms with Gasteiger partial charge in [-0.25, -0.2) is 0 Å². The third kappa shape index (κ3) is 3.68. The fourth-order valence-electron chi connectivity index (χ4n) is 1.66. The number of hydrogen-bond acceptors (Lipinski definition) is 4. The first-order valence-electron chi connectivity index (χ1n) is 5.70. The van der Waals surface area contributed by atoms with Crippen LogP contribution in [0.3, 0.4) is 0 Å². The molecule has 0 aliphatic carbocycles. The fraction of sp³-hybridized carbons (Fsp3) is 0.333. The van der Waals surface area contributed by atoms with Gasteiger partial charge in [-0.3, -0.25) is 4.79 Å². The smallest absolute Gasteiger partial charge is 0.280 e. The second kappa shape index (κ2) is 5.79. The SMILES string of the molecule is Cc1cc(NC(=O)C[NH+](C)Cc2cccs2)no1. The van der Waals surface area contributed by atoms with E-state index in [-0.39, 0.29) is 5.91 Å². The van der Waals surface area contributed by atoms with Crippen LogP contribution in [-0.4, -0.2) is 24.7 Å². The van der Waals surface area contributed by atoms with Crippen LogP contribution in [0, 0.1) is 6.92 Å². The molecule has 2 rings (SSSR count). The highest BCUT2D eigenvalue weighted by Gasteiger charge is 2.12.